The third-order valence-corrected chi connectivity index (χ3v) is 4.54. The van der Waals surface area contributed by atoms with Crippen molar-refractivity contribution in [1.29, 1.82) is 0 Å². The Hall–Kier alpha value is -0.820. The van der Waals surface area contributed by atoms with Crippen LogP contribution in [0.5, 0.6) is 0 Å². The molecule has 1 aromatic rings. The van der Waals surface area contributed by atoms with Crippen molar-refractivity contribution < 1.29 is 0 Å². The normalized spacial score (nSPS) is 17.0. The molecule has 1 unspecified atom stereocenters. The van der Waals surface area contributed by atoms with Crippen molar-refractivity contribution >= 4 is 29.9 Å². The van der Waals surface area contributed by atoms with Crippen molar-refractivity contribution in [2.24, 2.45) is 4.99 Å². The van der Waals surface area contributed by atoms with E-state index >= 15 is 0 Å². The second kappa shape index (κ2) is 11.7. The molecule has 0 spiro atoms. The molecule has 0 aromatic heterocycles. The van der Waals surface area contributed by atoms with Crippen LogP contribution in [0, 0.1) is 0 Å². The smallest absolute Gasteiger partial charge is 0.193 e. The largest absolute Gasteiger partial charge is 0.356 e. The Morgan fingerprint density at radius 1 is 1.17 bits per heavy atom. The molecular weight excluding hydrogens is 411 g/mol. The van der Waals surface area contributed by atoms with Gasteiger partial charge in [-0.2, -0.15) is 0 Å². The number of rotatable bonds is 6. The summed E-state index contributed by atoms with van der Waals surface area (Å²) in [6, 6.07) is 11.1. The lowest BCUT2D eigenvalue weighted by Gasteiger charge is -2.32. The SMILES string of the molecule is CC(CCNC(=NCc1ccccc1)N(C)C)N1CCCCC1.I. The molecule has 24 heavy (non-hydrogen) atoms. The molecule has 5 heteroatoms. The maximum atomic E-state index is 4.72. The number of likely N-dealkylation sites (tertiary alicyclic amines) is 1. The molecule has 1 fully saturated rings. The van der Waals surface area contributed by atoms with Gasteiger partial charge in [0.05, 0.1) is 6.54 Å². The molecule has 1 saturated heterocycles. The van der Waals surface area contributed by atoms with E-state index in [1.54, 1.807) is 0 Å². The molecule has 0 radical (unpaired) electrons. The third-order valence-electron chi connectivity index (χ3n) is 4.54. The second-order valence-electron chi connectivity index (χ2n) is 6.68. The maximum Gasteiger partial charge on any atom is 0.193 e. The predicted octanol–water partition coefficient (Wildman–Crippen LogP) is 3.58. The number of aliphatic imine (C=N–C) groups is 1. The average Bonchev–Trinajstić information content (AvgIpc) is 2.59. The van der Waals surface area contributed by atoms with Gasteiger partial charge in [-0.05, 0) is 44.8 Å². The Balaban J connectivity index is 0.00000288. The lowest BCUT2D eigenvalue weighted by molar-refractivity contribution is 0.167. The number of benzene rings is 1. The van der Waals surface area contributed by atoms with Gasteiger partial charge in [0.2, 0.25) is 0 Å². The van der Waals surface area contributed by atoms with Crippen LogP contribution in [0.15, 0.2) is 35.3 Å². The van der Waals surface area contributed by atoms with Crippen molar-refractivity contribution in [3.8, 4) is 0 Å². The zero-order chi connectivity index (χ0) is 16.5. The summed E-state index contributed by atoms with van der Waals surface area (Å²) in [5.74, 6) is 0.972. The third kappa shape index (κ3) is 7.38. The fourth-order valence-corrected chi connectivity index (χ4v) is 3.04. The highest BCUT2D eigenvalue weighted by Gasteiger charge is 2.16. The monoisotopic (exact) mass is 444 g/mol. The number of guanidine groups is 1. The fraction of sp³-hybridized carbons (Fsp3) is 0.632. The molecule has 1 heterocycles. The number of piperidine rings is 1. The van der Waals surface area contributed by atoms with Crippen LogP contribution in [0.2, 0.25) is 0 Å². The van der Waals surface area contributed by atoms with Crippen LogP contribution >= 0.6 is 24.0 Å². The first-order valence-corrected chi connectivity index (χ1v) is 8.90. The Morgan fingerprint density at radius 3 is 2.46 bits per heavy atom. The minimum absolute atomic E-state index is 0. The molecule has 1 aromatic carbocycles. The molecule has 0 bridgehead atoms. The Labute approximate surface area is 164 Å². The van der Waals surface area contributed by atoms with Crippen LogP contribution in [0.25, 0.3) is 0 Å². The van der Waals surface area contributed by atoms with Crippen molar-refractivity contribution in [2.45, 2.75) is 45.2 Å². The van der Waals surface area contributed by atoms with Gasteiger partial charge in [0.1, 0.15) is 0 Å². The summed E-state index contributed by atoms with van der Waals surface area (Å²) in [5, 5.41) is 3.51. The molecule has 1 aliphatic rings. The summed E-state index contributed by atoms with van der Waals surface area (Å²) in [6.45, 7) is 6.59. The Kier molecular flexibility index (Phi) is 10.3. The predicted molar refractivity (Wildman–Crippen MR) is 114 cm³/mol. The summed E-state index contributed by atoms with van der Waals surface area (Å²) in [7, 11) is 4.09. The first kappa shape index (κ1) is 21.2. The fourth-order valence-electron chi connectivity index (χ4n) is 3.04. The van der Waals surface area contributed by atoms with Crippen LogP contribution < -0.4 is 5.32 Å². The van der Waals surface area contributed by atoms with Gasteiger partial charge in [-0.1, -0.05) is 36.8 Å². The molecule has 0 aliphatic carbocycles. The van der Waals surface area contributed by atoms with Gasteiger partial charge in [0.25, 0.3) is 0 Å². The second-order valence-corrected chi connectivity index (χ2v) is 6.68. The van der Waals surface area contributed by atoms with E-state index < -0.39 is 0 Å². The zero-order valence-electron chi connectivity index (χ0n) is 15.4. The number of halogens is 1. The van der Waals surface area contributed by atoms with Gasteiger partial charge >= 0.3 is 0 Å². The molecule has 1 atom stereocenters. The minimum atomic E-state index is 0. The molecule has 1 N–H and O–H groups in total. The summed E-state index contributed by atoms with van der Waals surface area (Å²) in [4.78, 5) is 9.41. The lowest BCUT2D eigenvalue weighted by atomic mass is 10.1. The van der Waals surface area contributed by atoms with Crippen LogP contribution in [-0.4, -0.2) is 55.5 Å². The summed E-state index contributed by atoms with van der Waals surface area (Å²) in [6.07, 6.45) is 5.29. The average molecular weight is 444 g/mol. The zero-order valence-corrected chi connectivity index (χ0v) is 17.7. The quantitative estimate of drug-likeness (QED) is 0.414. The van der Waals surface area contributed by atoms with Gasteiger partial charge in [0, 0.05) is 26.7 Å². The maximum absolute atomic E-state index is 4.72. The highest BCUT2D eigenvalue weighted by atomic mass is 127. The Bertz CT molecular complexity index is 470. The molecule has 136 valence electrons. The van der Waals surface area contributed by atoms with E-state index in [-0.39, 0.29) is 24.0 Å². The van der Waals surface area contributed by atoms with E-state index in [2.05, 4.69) is 46.3 Å². The number of nitrogens with one attached hydrogen (secondary N) is 1. The van der Waals surface area contributed by atoms with Gasteiger partial charge in [-0.3, -0.25) is 0 Å². The van der Waals surface area contributed by atoms with Crippen LogP contribution in [-0.2, 0) is 6.54 Å². The van der Waals surface area contributed by atoms with E-state index in [1.165, 1.54) is 37.9 Å². The molecule has 1 aliphatic heterocycles. The number of hydrogen-bond donors (Lipinski definition) is 1. The lowest BCUT2D eigenvalue weighted by Crippen LogP contribution is -2.41. The number of nitrogens with zero attached hydrogens (tertiary/aromatic N) is 3. The van der Waals surface area contributed by atoms with Gasteiger partial charge < -0.3 is 15.1 Å². The van der Waals surface area contributed by atoms with Gasteiger partial charge in [-0.25, -0.2) is 4.99 Å². The van der Waals surface area contributed by atoms with Crippen LogP contribution in [0.1, 0.15) is 38.2 Å². The first-order chi connectivity index (χ1) is 11.2. The van der Waals surface area contributed by atoms with Crippen molar-refractivity contribution in [2.75, 3.05) is 33.7 Å². The van der Waals surface area contributed by atoms with Crippen LogP contribution in [0.3, 0.4) is 0 Å². The van der Waals surface area contributed by atoms with E-state index in [0.717, 1.165) is 25.5 Å². The van der Waals surface area contributed by atoms with E-state index in [4.69, 9.17) is 4.99 Å². The highest BCUT2D eigenvalue weighted by Crippen LogP contribution is 2.13. The Morgan fingerprint density at radius 2 is 1.83 bits per heavy atom. The minimum Gasteiger partial charge on any atom is -0.356 e. The standard InChI is InChI=1S/C19H32N4.HI/c1-17(23-14-8-5-9-15-23)12-13-20-19(22(2)3)21-16-18-10-6-4-7-11-18;/h4,6-7,10-11,17H,5,8-9,12-16H2,1-3H3,(H,20,21);1H. The summed E-state index contributed by atoms with van der Waals surface area (Å²) >= 11 is 0. The highest BCUT2D eigenvalue weighted by molar-refractivity contribution is 14.0. The van der Waals surface area contributed by atoms with Crippen LogP contribution in [0.4, 0.5) is 0 Å². The summed E-state index contributed by atoms with van der Waals surface area (Å²) in [5.41, 5.74) is 1.25. The first-order valence-electron chi connectivity index (χ1n) is 8.90. The van der Waals surface area contributed by atoms with E-state index in [9.17, 15) is 0 Å². The van der Waals surface area contributed by atoms with Crippen molar-refractivity contribution in [3.63, 3.8) is 0 Å². The van der Waals surface area contributed by atoms with Gasteiger partial charge in [-0.15, -0.1) is 24.0 Å². The topological polar surface area (TPSA) is 30.9 Å². The molecule has 2 rings (SSSR count). The van der Waals surface area contributed by atoms with Gasteiger partial charge in [0.15, 0.2) is 5.96 Å². The van der Waals surface area contributed by atoms with Crippen molar-refractivity contribution in [3.05, 3.63) is 35.9 Å². The number of hydrogen-bond acceptors (Lipinski definition) is 2. The molecule has 4 nitrogen and oxygen atoms in total. The summed E-state index contributed by atoms with van der Waals surface area (Å²) < 4.78 is 0. The van der Waals surface area contributed by atoms with E-state index in [1.807, 2.05) is 20.2 Å². The van der Waals surface area contributed by atoms with Crippen molar-refractivity contribution in [1.82, 2.24) is 15.1 Å². The molecular formula is C19H33IN4. The molecule has 0 amide bonds. The van der Waals surface area contributed by atoms with E-state index in [0.29, 0.717) is 6.04 Å². The molecule has 0 saturated carbocycles.